The normalized spacial score (nSPS) is 22.8. The molecule has 6 unspecified atom stereocenters. The van der Waals surface area contributed by atoms with E-state index in [4.69, 9.17) is 21.1 Å². The lowest BCUT2D eigenvalue weighted by Crippen LogP contribution is -2.51. The highest BCUT2D eigenvalue weighted by molar-refractivity contribution is 7.84. The number of methoxy groups -OCH3 is 1. The average molecular weight is 802 g/mol. The summed E-state index contributed by atoms with van der Waals surface area (Å²) in [7, 11) is -0.565. The van der Waals surface area contributed by atoms with Crippen LogP contribution in [0.5, 0.6) is 5.75 Å². The Kier molecular flexibility index (Phi) is 15.9. The molecular weight excluding hydrogens is 740 g/mol. The molecule has 1 amide bonds. The van der Waals surface area contributed by atoms with Crippen molar-refractivity contribution in [1.29, 1.82) is 0 Å². The Morgan fingerprint density at radius 2 is 1.87 bits per heavy atom. The van der Waals surface area contributed by atoms with Crippen LogP contribution in [0.15, 0.2) is 36.4 Å². The number of anilines is 1. The Morgan fingerprint density at radius 3 is 2.52 bits per heavy atom. The van der Waals surface area contributed by atoms with Crippen molar-refractivity contribution in [2.45, 2.75) is 95.8 Å². The first-order valence-corrected chi connectivity index (χ1v) is 23.0. The average Bonchev–Trinajstić information content (AvgIpc) is 3.33. The summed E-state index contributed by atoms with van der Waals surface area (Å²) in [4.78, 5) is 18.2. The molecule has 54 heavy (non-hydrogen) atoms. The topological polar surface area (TPSA) is 91.4 Å². The maximum Gasteiger partial charge on any atom is 0.263 e. The summed E-state index contributed by atoms with van der Waals surface area (Å²) in [6.07, 6.45) is 9.59. The summed E-state index contributed by atoms with van der Waals surface area (Å²) in [5, 5.41) is 0.550. The van der Waals surface area contributed by atoms with E-state index in [1.54, 1.807) is 12.3 Å². The maximum atomic E-state index is 13.3. The fourth-order valence-electron chi connectivity index (χ4n) is 8.13. The second-order valence-electron chi connectivity index (χ2n) is 15.4. The van der Waals surface area contributed by atoms with Crippen LogP contribution in [0.2, 0.25) is 5.02 Å². The highest BCUT2D eigenvalue weighted by Crippen LogP contribution is 2.48. The summed E-state index contributed by atoms with van der Waals surface area (Å²) in [5.74, 6) is 8.33. The molecule has 2 heterocycles. The Bertz CT molecular complexity index is 1690. The Balaban J connectivity index is 1.41. The Labute approximate surface area is 334 Å². The zero-order valence-electron chi connectivity index (χ0n) is 33.2. The monoisotopic (exact) mass is 800 g/mol. The highest BCUT2D eigenvalue weighted by atomic mass is 35.5. The summed E-state index contributed by atoms with van der Waals surface area (Å²) in [6.45, 7) is 14.4. The maximum absolute atomic E-state index is 13.3. The van der Waals surface area contributed by atoms with Crippen molar-refractivity contribution in [2.75, 3.05) is 70.7 Å². The van der Waals surface area contributed by atoms with Crippen LogP contribution in [0.25, 0.3) is 0 Å². The van der Waals surface area contributed by atoms with Crippen LogP contribution < -0.4 is 14.4 Å². The molecule has 0 spiro atoms. The van der Waals surface area contributed by atoms with Crippen LogP contribution in [-0.2, 0) is 33.1 Å². The zero-order chi connectivity index (χ0) is 38.8. The second kappa shape index (κ2) is 20.1. The van der Waals surface area contributed by atoms with Gasteiger partial charge in [0.05, 0.1) is 23.3 Å². The van der Waals surface area contributed by atoms with Crippen molar-refractivity contribution >= 4 is 45.2 Å². The van der Waals surface area contributed by atoms with E-state index in [2.05, 4.69) is 52.3 Å². The van der Waals surface area contributed by atoms with Crippen LogP contribution in [-0.4, -0.2) is 100 Å². The van der Waals surface area contributed by atoms with Crippen LogP contribution in [0.3, 0.4) is 0 Å². The number of nitrogens with one attached hydrogen (secondary N) is 1. The predicted octanol–water partition coefficient (Wildman–Crippen LogP) is 6.98. The molecule has 1 saturated heterocycles. The van der Waals surface area contributed by atoms with Gasteiger partial charge in [-0.15, -0.1) is 0 Å². The molecule has 2 aromatic carbocycles. The Morgan fingerprint density at radius 1 is 1.09 bits per heavy atom. The number of piperazine rings is 1. The lowest BCUT2D eigenvalue weighted by molar-refractivity contribution is -0.0737. The van der Waals surface area contributed by atoms with Gasteiger partial charge in [-0.2, -0.15) is 0 Å². The lowest BCUT2D eigenvalue weighted by Gasteiger charge is -2.49. The van der Waals surface area contributed by atoms with Crippen molar-refractivity contribution < 1.29 is 22.7 Å². The third kappa shape index (κ3) is 10.7. The van der Waals surface area contributed by atoms with Crippen LogP contribution in [0, 0.1) is 23.7 Å². The first-order valence-electron chi connectivity index (χ1n) is 19.9. The number of benzene rings is 2. The van der Waals surface area contributed by atoms with Crippen molar-refractivity contribution in [3.8, 4) is 17.6 Å². The number of amides is 1. The van der Waals surface area contributed by atoms with Crippen LogP contribution >= 0.6 is 11.6 Å². The molecule has 2 aromatic rings. The lowest BCUT2D eigenvalue weighted by atomic mass is 9.63. The number of hydrogen-bond donors (Lipinski definition) is 1. The molecule has 1 aliphatic carbocycles. The number of halogens is 1. The van der Waals surface area contributed by atoms with E-state index in [9.17, 15) is 13.2 Å². The minimum Gasteiger partial charge on any atom is -0.491 e. The summed E-state index contributed by atoms with van der Waals surface area (Å²) < 4.78 is 42.2. The third-order valence-electron chi connectivity index (χ3n) is 11.4. The molecule has 2 aliphatic heterocycles. The molecule has 0 aromatic heterocycles. The van der Waals surface area contributed by atoms with Gasteiger partial charge in [-0.25, -0.2) is 12.7 Å². The van der Waals surface area contributed by atoms with Crippen molar-refractivity contribution in [3.05, 3.63) is 58.1 Å². The van der Waals surface area contributed by atoms with E-state index < -0.39 is 27.6 Å². The van der Waals surface area contributed by atoms with E-state index in [0.717, 1.165) is 114 Å². The first kappa shape index (κ1) is 42.7. The number of unbranched alkanes of at least 4 members (excludes halogenated alkanes) is 1. The van der Waals surface area contributed by atoms with Gasteiger partial charge in [0, 0.05) is 93.3 Å². The standard InChI is InChI=1S/C42H61ClN4O5S2/c1-7-9-19-42(51-5,20-10-11-21-45-22-24-47(25-23-45)53(6)49)38-17-13-34(38)28-46-29-35(37-16-15-36(43)26-32(37)12-8-2)30-52-40-18-14-33(27-39(40)46)41(48)44-54(50)31(3)4/h14-16,18,26-27,31,34-35,38H,7-9,11-13,17,19,21-25,28-30H2,1-6H3,(H,44,48). The first-order chi connectivity index (χ1) is 26.0. The van der Waals surface area contributed by atoms with E-state index in [-0.39, 0.29) is 23.0 Å². The van der Waals surface area contributed by atoms with Crippen molar-refractivity contribution in [2.24, 2.45) is 11.8 Å². The van der Waals surface area contributed by atoms with Gasteiger partial charge in [-0.05, 0) is 93.3 Å². The number of carbonyl (C=O) groups is 1. The Hall–Kier alpha value is -2.46. The largest absolute Gasteiger partial charge is 0.491 e. The van der Waals surface area contributed by atoms with Crippen molar-refractivity contribution in [3.63, 3.8) is 0 Å². The van der Waals surface area contributed by atoms with E-state index in [1.807, 2.05) is 43.5 Å². The van der Waals surface area contributed by atoms with Crippen LogP contribution in [0.4, 0.5) is 5.69 Å². The zero-order valence-corrected chi connectivity index (χ0v) is 35.6. The van der Waals surface area contributed by atoms with Gasteiger partial charge in [0.15, 0.2) is 0 Å². The summed E-state index contributed by atoms with van der Waals surface area (Å²) >= 11 is 6.49. The summed E-state index contributed by atoms with van der Waals surface area (Å²) in [6, 6.07) is 11.8. The molecule has 3 aliphatic rings. The number of rotatable bonds is 16. The molecule has 1 N–H and O–H groups in total. The minimum absolute atomic E-state index is 0.0896. The molecule has 2 fully saturated rings. The van der Waals surface area contributed by atoms with Crippen LogP contribution in [0.1, 0.15) is 100 Å². The quantitative estimate of drug-likeness (QED) is 0.183. The molecule has 12 heteroatoms. The SMILES string of the molecule is CCCCC(C#CCCN1CCN(S(C)=O)CC1)(OC)C1CCC1CN1CC(c2ccc(Cl)cc2CCC)COc2ccc(C(=O)NS(=O)C(C)C)cc21. The van der Waals surface area contributed by atoms with Crippen molar-refractivity contribution in [1.82, 2.24) is 13.9 Å². The molecule has 6 atom stereocenters. The number of aryl methyl sites for hydroxylation is 1. The van der Waals surface area contributed by atoms with E-state index in [1.165, 1.54) is 11.1 Å². The van der Waals surface area contributed by atoms with Gasteiger partial charge in [-0.1, -0.05) is 56.2 Å². The van der Waals surface area contributed by atoms with Gasteiger partial charge in [0.1, 0.15) is 22.3 Å². The fraction of sp³-hybridized carbons (Fsp3) is 0.643. The third-order valence-corrected chi connectivity index (χ3v) is 14.0. The highest BCUT2D eigenvalue weighted by Gasteiger charge is 2.48. The second-order valence-corrected chi connectivity index (χ2v) is 18.9. The number of ether oxygens (including phenoxy) is 2. The molecule has 9 nitrogen and oxygen atoms in total. The molecule has 5 rings (SSSR count). The smallest absolute Gasteiger partial charge is 0.263 e. The number of carbonyl (C=O) groups excluding carboxylic acids is 1. The summed E-state index contributed by atoms with van der Waals surface area (Å²) in [5.41, 5.74) is 3.31. The van der Waals surface area contributed by atoms with Gasteiger partial charge >= 0.3 is 0 Å². The molecule has 298 valence electrons. The predicted molar refractivity (Wildman–Crippen MR) is 223 cm³/mol. The minimum atomic E-state index is -1.48. The van der Waals surface area contributed by atoms with Gasteiger partial charge in [0.25, 0.3) is 5.91 Å². The van der Waals surface area contributed by atoms with Gasteiger partial charge in [-0.3, -0.25) is 14.4 Å². The van der Waals surface area contributed by atoms with E-state index in [0.29, 0.717) is 18.1 Å². The number of hydrogen-bond acceptors (Lipinski definition) is 7. The van der Waals surface area contributed by atoms with E-state index >= 15 is 0 Å². The molecule has 1 saturated carbocycles. The number of fused-ring (bicyclic) bond motifs is 1. The van der Waals surface area contributed by atoms with Gasteiger partial charge < -0.3 is 14.4 Å². The fourth-order valence-corrected chi connectivity index (χ4v) is 9.54. The molecular formula is C42H61ClN4O5S2. The molecule has 0 radical (unpaired) electrons. The van der Waals surface area contributed by atoms with Gasteiger partial charge in [0.2, 0.25) is 0 Å². The molecule has 0 bridgehead atoms. The number of nitrogens with zero attached hydrogens (tertiary/aromatic N) is 3.